The molecule has 0 aromatic heterocycles. The zero-order valence-electron chi connectivity index (χ0n) is 12.0. The number of rotatable bonds is 5. The van der Waals surface area contributed by atoms with Crippen LogP contribution in [0.1, 0.15) is 5.56 Å². The minimum atomic E-state index is -0.827. The Balaban J connectivity index is 2.17. The van der Waals surface area contributed by atoms with Crippen molar-refractivity contribution in [2.45, 2.75) is 0 Å². The second-order valence-corrected chi connectivity index (χ2v) is 4.59. The maximum atomic E-state index is 12.8. The monoisotopic (exact) mass is 331 g/mol. The first-order valence-corrected chi connectivity index (χ1v) is 6.54. The van der Waals surface area contributed by atoms with Crippen LogP contribution in [0.25, 0.3) is 6.08 Å². The van der Waals surface area contributed by atoms with E-state index in [1.807, 2.05) is 0 Å². The van der Waals surface area contributed by atoms with Crippen molar-refractivity contribution in [2.24, 2.45) is 0 Å². The van der Waals surface area contributed by atoms with E-state index >= 15 is 0 Å². The van der Waals surface area contributed by atoms with Gasteiger partial charge in [0.15, 0.2) is 0 Å². The largest absolute Gasteiger partial charge is 0.317 e. The van der Waals surface area contributed by atoms with Gasteiger partial charge in [-0.2, -0.15) is 0 Å². The molecule has 1 N–H and O–H groups in total. The summed E-state index contributed by atoms with van der Waals surface area (Å²) in [5, 5.41) is 23.9. The summed E-state index contributed by atoms with van der Waals surface area (Å²) in [5.41, 5.74) is -0.654. The molecular formula is C15H10FN3O5. The number of nitro groups is 2. The van der Waals surface area contributed by atoms with E-state index < -0.39 is 32.9 Å². The fourth-order valence-electron chi connectivity index (χ4n) is 1.81. The molecule has 0 atom stereocenters. The Labute approximate surface area is 134 Å². The molecule has 0 aliphatic heterocycles. The van der Waals surface area contributed by atoms with Crippen LogP contribution in [0, 0.1) is 26.0 Å². The average Bonchev–Trinajstić information content (AvgIpc) is 2.54. The number of nitrogens with zero attached hydrogens (tertiary/aromatic N) is 2. The summed E-state index contributed by atoms with van der Waals surface area (Å²) in [7, 11) is 0. The Hall–Kier alpha value is -3.62. The van der Waals surface area contributed by atoms with Gasteiger partial charge in [-0.15, -0.1) is 0 Å². The Bertz CT molecular complexity index is 834. The van der Waals surface area contributed by atoms with Gasteiger partial charge in [0.2, 0.25) is 5.91 Å². The second-order valence-electron chi connectivity index (χ2n) is 4.59. The van der Waals surface area contributed by atoms with Gasteiger partial charge in [0.05, 0.1) is 15.9 Å². The number of carbonyl (C=O) groups excluding carboxylic acids is 1. The van der Waals surface area contributed by atoms with Crippen molar-refractivity contribution < 1.29 is 19.0 Å². The average molecular weight is 331 g/mol. The quantitative estimate of drug-likeness (QED) is 0.513. The first-order chi connectivity index (χ1) is 11.4. The molecule has 9 heteroatoms. The minimum absolute atomic E-state index is 0.167. The molecule has 2 aromatic rings. The first-order valence-electron chi connectivity index (χ1n) is 6.54. The fourth-order valence-corrected chi connectivity index (χ4v) is 1.81. The number of non-ortho nitro benzene ring substituents is 1. The number of anilines is 1. The van der Waals surface area contributed by atoms with E-state index in [4.69, 9.17) is 0 Å². The van der Waals surface area contributed by atoms with Crippen LogP contribution >= 0.6 is 0 Å². The van der Waals surface area contributed by atoms with Crippen molar-refractivity contribution in [1.29, 1.82) is 0 Å². The van der Waals surface area contributed by atoms with E-state index in [1.165, 1.54) is 30.3 Å². The lowest BCUT2D eigenvalue weighted by Crippen LogP contribution is -2.09. The summed E-state index contributed by atoms with van der Waals surface area (Å²) in [6, 6.07) is 8.24. The number of hydrogen-bond donors (Lipinski definition) is 1. The highest BCUT2D eigenvalue weighted by atomic mass is 19.1. The summed E-state index contributed by atoms with van der Waals surface area (Å²) in [6.45, 7) is 0. The van der Waals surface area contributed by atoms with E-state index in [9.17, 15) is 29.4 Å². The van der Waals surface area contributed by atoms with Gasteiger partial charge in [-0.25, -0.2) is 4.39 Å². The van der Waals surface area contributed by atoms with E-state index in [-0.39, 0.29) is 5.69 Å². The molecule has 0 aliphatic carbocycles. The molecule has 0 fully saturated rings. The van der Waals surface area contributed by atoms with Crippen LogP contribution in [0.15, 0.2) is 48.5 Å². The van der Waals surface area contributed by atoms with Gasteiger partial charge in [0.25, 0.3) is 11.4 Å². The topological polar surface area (TPSA) is 115 Å². The zero-order chi connectivity index (χ0) is 17.7. The maximum Gasteiger partial charge on any atom is 0.299 e. The van der Waals surface area contributed by atoms with Crippen LogP contribution in [-0.4, -0.2) is 15.8 Å². The van der Waals surface area contributed by atoms with E-state index in [0.717, 1.165) is 24.3 Å². The van der Waals surface area contributed by atoms with Gasteiger partial charge >= 0.3 is 0 Å². The summed E-state index contributed by atoms with van der Waals surface area (Å²) in [5.74, 6) is -1.09. The summed E-state index contributed by atoms with van der Waals surface area (Å²) in [6.07, 6.45) is 2.50. The van der Waals surface area contributed by atoms with Crippen LogP contribution in [0.3, 0.4) is 0 Å². The van der Waals surface area contributed by atoms with Crippen molar-refractivity contribution in [1.82, 2.24) is 0 Å². The molecular weight excluding hydrogens is 321 g/mol. The molecule has 0 saturated heterocycles. The van der Waals surface area contributed by atoms with Crippen molar-refractivity contribution in [3.63, 3.8) is 0 Å². The van der Waals surface area contributed by atoms with Crippen LogP contribution in [-0.2, 0) is 4.79 Å². The highest BCUT2D eigenvalue weighted by Gasteiger charge is 2.20. The first kappa shape index (κ1) is 16.7. The van der Waals surface area contributed by atoms with Crippen LogP contribution in [0.5, 0.6) is 0 Å². The predicted octanol–water partition coefficient (Wildman–Crippen LogP) is 3.29. The Morgan fingerprint density at radius 2 is 1.71 bits per heavy atom. The van der Waals surface area contributed by atoms with Crippen molar-refractivity contribution in [2.75, 3.05) is 5.32 Å². The third kappa shape index (κ3) is 4.19. The number of nitro benzene ring substituents is 2. The number of amides is 1. The third-order valence-electron chi connectivity index (χ3n) is 2.94. The van der Waals surface area contributed by atoms with Crippen molar-refractivity contribution >= 4 is 29.0 Å². The van der Waals surface area contributed by atoms with Gasteiger partial charge in [-0.1, -0.05) is 12.1 Å². The molecule has 1 amide bonds. The van der Waals surface area contributed by atoms with E-state index in [2.05, 4.69) is 5.32 Å². The number of halogens is 1. The molecule has 24 heavy (non-hydrogen) atoms. The number of carbonyl (C=O) groups is 1. The summed E-state index contributed by atoms with van der Waals surface area (Å²) in [4.78, 5) is 31.8. The fraction of sp³-hybridized carbons (Fsp3) is 0. The van der Waals surface area contributed by atoms with E-state index in [0.29, 0.717) is 5.56 Å². The third-order valence-corrected chi connectivity index (χ3v) is 2.94. The molecule has 0 saturated carbocycles. The molecule has 0 heterocycles. The molecule has 2 rings (SSSR count). The second kappa shape index (κ2) is 7.09. The molecule has 8 nitrogen and oxygen atoms in total. The molecule has 0 aliphatic rings. The predicted molar refractivity (Wildman–Crippen MR) is 83.8 cm³/mol. The Kier molecular flexibility index (Phi) is 4.95. The normalized spacial score (nSPS) is 10.5. The molecule has 0 spiro atoms. The maximum absolute atomic E-state index is 12.8. The SMILES string of the molecule is O=C(/C=C/c1ccc(F)cc1)Nc1ccc([N+](=O)[O-])cc1[N+](=O)[O-]. The highest BCUT2D eigenvalue weighted by molar-refractivity contribution is 6.03. The number of hydrogen-bond acceptors (Lipinski definition) is 5. The molecule has 0 radical (unpaired) electrons. The molecule has 0 unspecified atom stereocenters. The lowest BCUT2D eigenvalue weighted by molar-refractivity contribution is -0.393. The van der Waals surface area contributed by atoms with Crippen LogP contribution < -0.4 is 5.32 Å². The van der Waals surface area contributed by atoms with Gasteiger partial charge in [-0.3, -0.25) is 25.0 Å². The van der Waals surface area contributed by atoms with E-state index in [1.54, 1.807) is 0 Å². The van der Waals surface area contributed by atoms with Gasteiger partial charge in [0, 0.05) is 12.1 Å². The van der Waals surface area contributed by atoms with Gasteiger partial charge in [-0.05, 0) is 29.8 Å². The van der Waals surface area contributed by atoms with Crippen LogP contribution in [0.2, 0.25) is 0 Å². The van der Waals surface area contributed by atoms with Crippen LogP contribution in [0.4, 0.5) is 21.5 Å². The summed E-state index contributed by atoms with van der Waals surface area (Å²) < 4.78 is 12.8. The molecule has 122 valence electrons. The zero-order valence-corrected chi connectivity index (χ0v) is 12.0. The van der Waals surface area contributed by atoms with Gasteiger partial charge < -0.3 is 5.32 Å². The lowest BCUT2D eigenvalue weighted by atomic mass is 10.2. The van der Waals surface area contributed by atoms with Crippen molar-refractivity contribution in [3.8, 4) is 0 Å². The molecule has 2 aromatic carbocycles. The minimum Gasteiger partial charge on any atom is -0.317 e. The summed E-state index contributed by atoms with van der Waals surface area (Å²) >= 11 is 0. The lowest BCUT2D eigenvalue weighted by Gasteiger charge is -2.03. The standard InChI is InChI=1S/C15H10FN3O5/c16-11-4-1-10(2-5-11)3-8-15(20)17-13-7-6-12(18(21)22)9-14(13)19(23)24/h1-9H,(H,17,20)/b8-3+. The smallest absolute Gasteiger partial charge is 0.299 e. The highest BCUT2D eigenvalue weighted by Crippen LogP contribution is 2.28. The number of nitrogens with one attached hydrogen (secondary N) is 1. The van der Waals surface area contributed by atoms with Crippen molar-refractivity contribution in [3.05, 3.63) is 80.1 Å². The molecule has 0 bridgehead atoms. The Morgan fingerprint density at radius 3 is 2.29 bits per heavy atom. The number of benzene rings is 2. The Morgan fingerprint density at radius 1 is 1.04 bits per heavy atom. The van der Waals surface area contributed by atoms with Gasteiger partial charge in [0.1, 0.15) is 11.5 Å².